The van der Waals surface area contributed by atoms with Crippen molar-refractivity contribution in [3.63, 3.8) is 0 Å². The Morgan fingerprint density at radius 3 is 2.46 bits per heavy atom. The standard InChI is InChI=1S/C21H20ClNO3/c1-13(2)11-17(24)18-19(14-7-4-3-5-8-14)23(21(26)20(18)25)16-10-6-9-15(22)12-16/h3-10,12-13,19,25H,11H2,1-2H3. The van der Waals surface area contributed by atoms with Crippen LogP contribution in [0.25, 0.3) is 0 Å². The Morgan fingerprint density at radius 1 is 1.15 bits per heavy atom. The molecule has 1 heterocycles. The number of amides is 1. The summed E-state index contributed by atoms with van der Waals surface area (Å²) in [5.74, 6) is -1.17. The molecular weight excluding hydrogens is 350 g/mol. The van der Waals surface area contributed by atoms with Gasteiger partial charge in [-0.15, -0.1) is 0 Å². The first-order valence-electron chi connectivity index (χ1n) is 8.50. The molecule has 0 bridgehead atoms. The summed E-state index contributed by atoms with van der Waals surface area (Å²) < 4.78 is 0. The number of rotatable bonds is 5. The summed E-state index contributed by atoms with van der Waals surface area (Å²) in [5.41, 5.74) is 1.45. The van der Waals surface area contributed by atoms with Crippen molar-refractivity contribution >= 4 is 29.0 Å². The first kappa shape index (κ1) is 18.2. The third kappa shape index (κ3) is 3.37. The number of aliphatic hydroxyl groups is 1. The summed E-state index contributed by atoms with van der Waals surface area (Å²) in [6, 6.07) is 15.4. The van der Waals surface area contributed by atoms with E-state index in [1.165, 1.54) is 4.90 Å². The van der Waals surface area contributed by atoms with E-state index in [9.17, 15) is 14.7 Å². The Labute approximate surface area is 157 Å². The smallest absolute Gasteiger partial charge is 0.294 e. The van der Waals surface area contributed by atoms with E-state index < -0.39 is 17.7 Å². The van der Waals surface area contributed by atoms with Crippen molar-refractivity contribution in [3.05, 3.63) is 76.5 Å². The Kier molecular flexibility index (Phi) is 5.14. The van der Waals surface area contributed by atoms with Gasteiger partial charge in [0.2, 0.25) is 0 Å². The number of benzene rings is 2. The highest BCUT2D eigenvalue weighted by atomic mass is 35.5. The molecule has 5 heteroatoms. The number of carbonyl (C=O) groups is 2. The van der Waals surface area contributed by atoms with E-state index in [1.54, 1.807) is 24.3 Å². The van der Waals surface area contributed by atoms with Crippen molar-refractivity contribution < 1.29 is 14.7 Å². The van der Waals surface area contributed by atoms with Crippen LogP contribution in [-0.2, 0) is 9.59 Å². The average molecular weight is 370 g/mol. The van der Waals surface area contributed by atoms with Crippen LogP contribution in [0.4, 0.5) is 5.69 Å². The number of carbonyl (C=O) groups excluding carboxylic acids is 2. The maximum absolute atomic E-state index is 12.8. The van der Waals surface area contributed by atoms with Crippen LogP contribution in [0.5, 0.6) is 0 Å². The molecule has 0 radical (unpaired) electrons. The third-order valence-corrected chi connectivity index (χ3v) is 4.54. The highest BCUT2D eigenvalue weighted by Crippen LogP contribution is 2.41. The molecule has 1 aliphatic rings. The molecule has 2 aromatic carbocycles. The molecule has 0 aliphatic carbocycles. The minimum atomic E-state index is -0.673. The minimum absolute atomic E-state index is 0.120. The molecule has 1 N–H and O–H groups in total. The largest absolute Gasteiger partial charge is 0.503 e. The molecule has 4 nitrogen and oxygen atoms in total. The van der Waals surface area contributed by atoms with Gasteiger partial charge < -0.3 is 5.11 Å². The van der Waals surface area contributed by atoms with Crippen molar-refractivity contribution in [1.29, 1.82) is 0 Å². The quantitative estimate of drug-likeness (QED) is 0.819. The van der Waals surface area contributed by atoms with Crippen LogP contribution in [0.3, 0.4) is 0 Å². The van der Waals surface area contributed by atoms with Crippen LogP contribution in [-0.4, -0.2) is 16.8 Å². The van der Waals surface area contributed by atoms with Crippen molar-refractivity contribution in [1.82, 2.24) is 0 Å². The van der Waals surface area contributed by atoms with E-state index in [4.69, 9.17) is 11.6 Å². The first-order chi connectivity index (χ1) is 12.4. The molecule has 1 atom stereocenters. The fourth-order valence-electron chi connectivity index (χ4n) is 3.21. The molecule has 0 saturated heterocycles. The molecule has 1 unspecified atom stereocenters. The molecule has 0 fully saturated rings. The normalized spacial score (nSPS) is 17.3. The fourth-order valence-corrected chi connectivity index (χ4v) is 3.40. The molecule has 3 rings (SSSR count). The Morgan fingerprint density at radius 2 is 1.85 bits per heavy atom. The van der Waals surface area contributed by atoms with Crippen molar-refractivity contribution in [3.8, 4) is 0 Å². The van der Waals surface area contributed by atoms with Gasteiger partial charge in [0.1, 0.15) is 0 Å². The maximum atomic E-state index is 12.8. The predicted octanol–water partition coefficient (Wildman–Crippen LogP) is 4.86. The van der Waals surface area contributed by atoms with E-state index >= 15 is 0 Å². The van der Waals surface area contributed by atoms with Crippen molar-refractivity contribution in [2.45, 2.75) is 26.3 Å². The lowest BCUT2D eigenvalue weighted by Gasteiger charge is -2.27. The third-order valence-electron chi connectivity index (χ3n) is 4.30. The van der Waals surface area contributed by atoms with E-state index in [1.807, 2.05) is 44.2 Å². The second-order valence-electron chi connectivity index (χ2n) is 6.75. The highest BCUT2D eigenvalue weighted by molar-refractivity contribution is 6.31. The Hall–Kier alpha value is -2.59. The van der Waals surface area contributed by atoms with Gasteiger partial charge in [0.25, 0.3) is 5.91 Å². The predicted molar refractivity (Wildman–Crippen MR) is 102 cm³/mol. The first-order valence-corrected chi connectivity index (χ1v) is 8.88. The van der Waals surface area contributed by atoms with Crippen LogP contribution in [0.1, 0.15) is 31.9 Å². The maximum Gasteiger partial charge on any atom is 0.294 e. The van der Waals surface area contributed by atoms with E-state index in [2.05, 4.69) is 0 Å². The monoisotopic (exact) mass is 369 g/mol. The van der Waals surface area contributed by atoms with Gasteiger partial charge in [-0.05, 0) is 29.7 Å². The number of ketones is 1. The lowest BCUT2D eigenvalue weighted by Crippen LogP contribution is -2.31. The number of hydrogen-bond acceptors (Lipinski definition) is 3. The number of halogens is 1. The molecule has 26 heavy (non-hydrogen) atoms. The minimum Gasteiger partial charge on any atom is -0.503 e. The van der Waals surface area contributed by atoms with Crippen LogP contribution in [0.2, 0.25) is 5.02 Å². The summed E-state index contributed by atoms with van der Waals surface area (Å²) in [6.07, 6.45) is 0.263. The SMILES string of the molecule is CC(C)CC(=O)C1=C(O)C(=O)N(c2cccc(Cl)c2)C1c1ccccc1. The van der Waals surface area contributed by atoms with Crippen LogP contribution >= 0.6 is 11.6 Å². The number of anilines is 1. The van der Waals surface area contributed by atoms with Gasteiger partial charge in [-0.3, -0.25) is 14.5 Å². The summed E-state index contributed by atoms with van der Waals surface area (Å²) in [7, 11) is 0. The zero-order valence-corrected chi connectivity index (χ0v) is 15.4. The Balaban J connectivity index is 2.14. The second kappa shape index (κ2) is 7.34. The molecule has 0 aromatic heterocycles. The van der Waals surface area contributed by atoms with Gasteiger partial charge in [-0.2, -0.15) is 0 Å². The van der Waals surface area contributed by atoms with Gasteiger partial charge in [0.15, 0.2) is 11.5 Å². The van der Waals surface area contributed by atoms with Crippen LogP contribution in [0, 0.1) is 5.92 Å². The van der Waals surface area contributed by atoms with Crippen LogP contribution < -0.4 is 4.90 Å². The van der Waals surface area contributed by atoms with E-state index in [0.29, 0.717) is 10.7 Å². The van der Waals surface area contributed by atoms with Gasteiger partial charge in [-0.25, -0.2) is 0 Å². The Bertz CT molecular complexity index is 874. The number of aliphatic hydroxyl groups excluding tert-OH is 1. The fraction of sp³-hybridized carbons (Fsp3) is 0.238. The summed E-state index contributed by atoms with van der Waals surface area (Å²) in [4.78, 5) is 27.1. The number of Topliss-reactive ketones (excluding diaryl/α,β-unsaturated/α-hetero) is 1. The van der Waals surface area contributed by atoms with E-state index in [-0.39, 0.29) is 23.7 Å². The van der Waals surface area contributed by atoms with Crippen molar-refractivity contribution in [2.24, 2.45) is 5.92 Å². The van der Waals surface area contributed by atoms with Crippen LogP contribution in [0.15, 0.2) is 65.9 Å². The summed E-state index contributed by atoms with van der Waals surface area (Å²) in [6.45, 7) is 3.86. The van der Waals surface area contributed by atoms with Gasteiger partial charge in [0.05, 0.1) is 11.6 Å². The number of hydrogen-bond donors (Lipinski definition) is 1. The van der Waals surface area contributed by atoms with Crippen molar-refractivity contribution in [2.75, 3.05) is 4.90 Å². The van der Waals surface area contributed by atoms with Gasteiger partial charge in [-0.1, -0.05) is 61.8 Å². The summed E-state index contributed by atoms with van der Waals surface area (Å²) >= 11 is 6.09. The van der Waals surface area contributed by atoms with Gasteiger partial charge >= 0.3 is 0 Å². The molecule has 2 aromatic rings. The second-order valence-corrected chi connectivity index (χ2v) is 7.19. The number of nitrogens with zero attached hydrogens (tertiary/aromatic N) is 1. The molecule has 134 valence electrons. The summed E-state index contributed by atoms with van der Waals surface area (Å²) in [5, 5.41) is 11.0. The molecule has 0 saturated carbocycles. The molecule has 0 spiro atoms. The zero-order chi connectivity index (χ0) is 18.8. The molecule has 1 amide bonds. The van der Waals surface area contributed by atoms with E-state index in [0.717, 1.165) is 5.56 Å². The lowest BCUT2D eigenvalue weighted by molar-refractivity contribution is -0.118. The topological polar surface area (TPSA) is 57.6 Å². The van der Waals surface area contributed by atoms with Gasteiger partial charge in [0, 0.05) is 17.1 Å². The molecular formula is C21H20ClNO3. The average Bonchev–Trinajstić information content (AvgIpc) is 2.87. The highest BCUT2D eigenvalue weighted by Gasteiger charge is 2.44. The lowest BCUT2D eigenvalue weighted by atomic mass is 9.92. The molecule has 1 aliphatic heterocycles. The zero-order valence-electron chi connectivity index (χ0n) is 14.6.